The van der Waals surface area contributed by atoms with Gasteiger partial charge in [0.05, 0.1) is 11.6 Å². The van der Waals surface area contributed by atoms with E-state index in [0.717, 1.165) is 48.4 Å². The highest BCUT2D eigenvalue weighted by atomic mass is 35.5. The van der Waals surface area contributed by atoms with Gasteiger partial charge in [0, 0.05) is 50.5 Å². The van der Waals surface area contributed by atoms with Gasteiger partial charge in [-0.25, -0.2) is 0 Å². The van der Waals surface area contributed by atoms with Gasteiger partial charge in [0.25, 0.3) is 0 Å². The Hall–Kier alpha value is -2.71. The zero-order valence-corrected chi connectivity index (χ0v) is 15.6. The molecule has 0 aromatic heterocycles. The Labute approximate surface area is 159 Å². The molecular weight excluding hydrogens is 346 g/mol. The molecule has 0 atom stereocenters. The number of nitrogens with zero attached hydrogens (tertiary/aromatic N) is 4. The smallest absolute Gasteiger partial charge is 0.194 e. The van der Waals surface area contributed by atoms with E-state index in [1.807, 2.05) is 49.5 Å². The molecule has 0 aliphatic carbocycles. The lowest BCUT2D eigenvalue weighted by Gasteiger charge is -2.37. The summed E-state index contributed by atoms with van der Waals surface area (Å²) in [5, 5.41) is 13.0. The number of benzene rings is 2. The fourth-order valence-electron chi connectivity index (χ4n) is 3.06. The fourth-order valence-corrected chi connectivity index (χ4v) is 3.24. The Morgan fingerprint density at radius 1 is 1.15 bits per heavy atom. The normalized spacial score (nSPS) is 14.9. The number of halogens is 1. The molecule has 0 bridgehead atoms. The average Bonchev–Trinajstić information content (AvgIpc) is 2.69. The third-order valence-electron chi connectivity index (χ3n) is 4.50. The van der Waals surface area contributed by atoms with E-state index < -0.39 is 0 Å². The van der Waals surface area contributed by atoms with E-state index in [1.54, 1.807) is 0 Å². The van der Waals surface area contributed by atoms with Crippen molar-refractivity contribution in [3.63, 3.8) is 0 Å². The second-order valence-corrected chi connectivity index (χ2v) is 6.60. The van der Waals surface area contributed by atoms with Crippen LogP contribution in [0.5, 0.6) is 0 Å². The molecule has 0 radical (unpaired) electrons. The number of hydrogen-bond acceptors (Lipinski definition) is 3. The SMILES string of the molecule is CN=C(NCc1ccc(C#N)cc1)N1CCN(c2cccc(Cl)c2)CC1. The summed E-state index contributed by atoms with van der Waals surface area (Å²) in [5.41, 5.74) is 2.97. The van der Waals surface area contributed by atoms with Crippen LogP contribution in [0, 0.1) is 11.3 Å². The largest absolute Gasteiger partial charge is 0.368 e. The topological polar surface area (TPSA) is 54.7 Å². The van der Waals surface area contributed by atoms with Gasteiger partial charge < -0.3 is 15.1 Å². The zero-order chi connectivity index (χ0) is 18.4. The molecule has 3 rings (SSSR count). The first-order valence-corrected chi connectivity index (χ1v) is 9.02. The Morgan fingerprint density at radius 3 is 2.50 bits per heavy atom. The molecule has 6 heteroatoms. The number of hydrogen-bond donors (Lipinski definition) is 1. The van der Waals surface area contributed by atoms with E-state index in [-0.39, 0.29) is 0 Å². The van der Waals surface area contributed by atoms with Gasteiger partial charge in [-0.1, -0.05) is 29.8 Å². The van der Waals surface area contributed by atoms with E-state index in [4.69, 9.17) is 16.9 Å². The highest BCUT2D eigenvalue weighted by Gasteiger charge is 2.19. The first-order valence-electron chi connectivity index (χ1n) is 8.65. The Morgan fingerprint density at radius 2 is 1.88 bits per heavy atom. The van der Waals surface area contributed by atoms with Crippen LogP contribution in [-0.4, -0.2) is 44.1 Å². The molecule has 1 saturated heterocycles. The van der Waals surface area contributed by atoms with Gasteiger partial charge in [-0.15, -0.1) is 0 Å². The summed E-state index contributed by atoms with van der Waals surface area (Å²) >= 11 is 6.10. The summed E-state index contributed by atoms with van der Waals surface area (Å²) in [6.07, 6.45) is 0. The summed E-state index contributed by atoms with van der Waals surface area (Å²) in [4.78, 5) is 9.02. The van der Waals surface area contributed by atoms with Crippen LogP contribution >= 0.6 is 11.6 Å². The highest BCUT2D eigenvalue weighted by molar-refractivity contribution is 6.30. The monoisotopic (exact) mass is 367 g/mol. The maximum atomic E-state index is 8.87. The molecule has 5 nitrogen and oxygen atoms in total. The molecule has 26 heavy (non-hydrogen) atoms. The number of aliphatic imine (C=N–C) groups is 1. The molecule has 0 saturated carbocycles. The van der Waals surface area contributed by atoms with Crippen LogP contribution in [0.2, 0.25) is 5.02 Å². The number of nitrogens with one attached hydrogen (secondary N) is 1. The molecule has 1 fully saturated rings. The molecular formula is C20H22ClN5. The van der Waals surface area contributed by atoms with Crippen LogP contribution < -0.4 is 10.2 Å². The quantitative estimate of drug-likeness (QED) is 0.669. The molecule has 1 N–H and O–H groups in total. The molecule has 0 spiro atoms. The van der Waals surface area contributed by atoms with Gasteiger partial charge >= 0.3 is 0 Å². The number of anilines is 1. The van der Waals surface area contributed by atoms with Crippen LogP contribution in [0.4, 0.5) is 5.69 Å². The minimum Gasteiger partial charge on any atom is -0.368 e. The van der Waals surface area contributed by atoms with Crippen molar-refractivity contribution in [3.8, 4) is 6.07 Å². The lowest BCUT2D eigenvalue weighted by atomic mass is 10.1. The van der Waals surface area contributed by atoms with Crippen molar-refractivity contribution in [2.75, 3.05) is 38.1 Å². The summed E-state index contributed by atoms with van der Waals surface area (Å²) in [7, 11) is 1.81. The van der Waals surface area contributed by atoms with Gasteiger partial charge in [0.15, 0.2) is 5.96 Å². The van der Waals surface area contributed by atoms with Crippen LogP contribution in [0.15, 0.2) is 53.5 Å². The van der Waals surface area contributed by atoms with E-state index in [9.17, 15) is 0 Å². The number of piperazine rings is 1. The standard InChI is InChI=1S/C20H22ClN5/c1-23-20(24-15-17-7-5-16(14-22)6-8-17)26-11-9-25(10-12-26)19-4-2-3-18(21)13-19/h2-8,13H,9-12,15H2,1H3,(H,23,24). The van der Waals surface area contributed by atoms with Gasteiger partial charge in [-0.05, 0) is 35.9 Å². The molecule has 1 aliphatic heterocycles. The minimum atomic E-state index is 0.676. The van der Waals surface area contributed by atoms with E-state index >= 15 is 0 Å². The van der Waals surface area contributed by atoms with Crippen molar-refractivity contribution < 1.29 is 0 Å². The van der Waals surface area contributed by atoms with Crippen LogP contribution in [0.3, 0.4) is 0 Å². The van der Waals surface area contributed by atoms with Crippen molar-refractivity contribution >= 4 is 23.2 Å². The van der Waals surface area contributed by atoms with Gasteiger partial charge in [-0.3, -0.25) is 4.99 Å². The third kappa shape index (κ3) is 4.47. The molecule has 134 valence electrons. The fraction of sp³-hybridized carbons (Fsp3) is 0.300. The summed E-state index contributed by atoms with van der Waals surface area (Å²) in [5.74, 6) is 0.903. The third-order valence-corrected chi connectivity index (χ3v) is 4.73. The second kappa shape index (κ2) is 8.59. The molecule has 1 heterocycles. The molecule has 2 aromatic rings. The molecule has 2 aromatic carbocycles. The van der Waals surface area contributed by atoms with Crippen molar-refractivity contribution in [1.29, 1.82) is 5.26 Å². The molecule has 0 amide bonds. The first kappa shape index (κ1) is 18.1. The molecule has 1 aliphatic rings. The Kier molecular flexibility index (Phi) is 5.98. The van der Waals surface area contributed by atoms with Gasteiger partial charge in [0.1, 0.15) is 0 Å². The van der Waals surface area contributed by atoms with Crippen molar-refractivity contribution in [2.24, 2.45) is 4.99 Å². The predicted octanol–water partition coefficient (Wildman–Crippen LogP) is 3.11. The number of guanidine groups is 1. The Balaban J connectivity index is 1.54. The maximum Gasteiger partial charge on any atom is 0.194 e. The Bertz CT molecular complexity index is 802. The average molecular weight is 368 g/mol. The molecule has 0 unspecified atom stereocenters. The minimum absolute atomic E-state index is 0.676. The summed E-state index contributed by atoms with van der Waals surface area (Å²) in [6.45, 7) is 4.35. The van der Waals surface area contributed by atoms with E-state index in [0.29, 0.717) is 12.1 Å². The van der Waals surface area contributed by atoms with Crippen LogP contribution in [0.1, 0.15) is 11.1 Å². The van der Waals surface area contributed by atoms with Crippen molar-refractivity contribution in [2.45, 2.75) is 6.54 Å². The second-order valence-electron chi connectivity index (χ2n) is 6.16. The highest BCUT2D eigenvalue weighted by Crippen LogP contribution is 2.20. The summed E-state index contributed by atoms with van der Waals surface area (Å²) < 4.78 is 0. The number of nitriles is 1. The predicted molar refractivity (Wildman–Crippen MR) is 107 cm³/mol. The van der Waals surface area contributed by atoms with Crippen molar-refractivity contribution in [1.82, 2.24) is 10.2 Å². The van der Waals surface area contributed by atoms with Gasteiger partial charge in [-0.2, -0.15) is 5.26 Å². The summed E-state index contributed by atoms with van der Waals surface area (Å²) in [6, 6.07) is 17.7. The number of rotatable bonds is 3. The van der Waals surface area contributed by atoms with E-state index in [2.05, 4.69) is 32.2 Å². The lowest BCUT2D eigenvalue weighted by Crippen LogP contribution is -2.52. The van der Waals surface area contributed by atoms with Crippen molar-refractivity contribution in [3.05, 3.63) is 64.7 Å². The van der Waals surface area contributed by atoms with E-state index in [1.165, 1.54) is 0 Å². The first-order chi connectivity index (χ1) is 12.7. The zero-order valence-electron chi connectivity index (χ0n) is 14.8. The van der Waals surface area contributed by atoms with Crippen LogP contribution in [0.25, 0.3) is 0 Å². The lowest BCUT2D eigenvalue weighted by molar-refractivity contribution is 0.372. The van der Waals surface area contributed by atoms with Crippen LogP contribution in [-0.2, 0) is 6.54 Å². The van der Waals surface area contributed by atoms with Gasteiger partial charge in [0.2, 0.25) is 0 Å². The maximum absolute atomic E-state index is 8.87.